The first-order valence-corrected chi connectivity index (χ1v) is 8.62. The van der Waals surface area contributed by atoms with E-state index in [-0.39, 0.29) is 5.82 Å². The number of anilines is 2. The average Bonchev–Trinajstić information content (AvgIpc) is 2.66. The molecule has 0 saturated carbocycles. The smallest absolute Gasteiger partial charge is 0.355 e. The largest absolute Gasteiger partial charge is 0.405 e. The summed E-state index contributed by atoms with van der Waals surface area (Å²) < 4.78 is 37.4. The van der Waals surface area contributed by atoms with Gasteiger partial charge in [-0.05, 0) is 29.7 Å². The Hall–Kier alpha value is -2.88. The lowest BCUT2D eigenvalue weighted by Gasteiger charge is -2.27. The molecule has 1 aliphatic heterocycles. The highest BCUT2D eigenvalue weighted by Gasteiger charge is 2.32. The van der Waals surface area contributed by atoms with Gasteiger partial charge in [0.2, 0.25) is 11.6 Å². The summed E-state index contributed by atoms with van der Waals surface area (Å²) in [6.45, 7) is -0.676. The van der Waals surface area contributed by atoms with Gasteiger partial charge in [-0.3, -0.25) is 10.1 Å². The van der Waals surface area contributed by atoms with Gasteiger partial charge < -0.3 is 10.2 Å². The zero-order valence-corrected chi connectivity index (χ0v) is 15.2. The quantitative estimate of drug-likeness (QED) is 0.581. The fraction of sp³-hybridized carbons (Fsp3) is 0.294. The van der Waals surface area contributed by atoms with E-state index < -0.39 is 29.1 Å². The minimum Gasteiger partial charge on any atom is -0.355 e. The van der Waals surface area contributed by atoms with Crippen LogP contribution in [0.25, 0.3) is 5.57 Å². The number of halogens is 4. The second kappa shape index (κ2) is 8.01. The number of nitro groups is 1. The van der Waals surface area contributed by atoms with Crippen LogP contribution >= 0.6 is 11.6 Å². The molecule has 0 radical (unpaired) electrons. The molecule has 2 aromatic rings. The van der Waals surface area contributed by atoms with E-state index in [0.29, 0.717) is 24.5 Å². The van der Waals surface area contributed by atoms with Gasteiger partial charge in [0.05, 0.1) is 4.92 Å². The fourth-order valence-corrected chi connectivity index (χ4v) is 3.00. The van der Waals surface area contributed by atoms with Gasteiger partial charge in [-0.1, -0.05) is 29.8 Å². The van der Waals surface area contributed by atoms with Gasteiger partial charge in [-0.2, -0.15) is 13.2 Å². The predicted molar refractivity (Wildman–Crippen MR) is 99.5 cm³/mol. The lowest BCUT2D eigenvalue weighted by molar-refractivity contribution is -0.383. The van der Waals surface area contributed by atoms with Gasteiger partial charge in [-0.15, -0.1) is 0 Å². The van der Waals surface area contributed by atoms with Crippen molar-refractivity contribution in [2.45, 2.75) is 12.6 Å². The number of rotatable bonds is 5. The van der Waals surface area contributed by atoms with Gasteiger partial charge in [0.15, 0.2) is 0 Å². The normalized spacial score (nSPS) is 14.6. The van der Waals surface area contributed by atoms with Crippen LogP contribution in [0, 0.1) is 10.1 Å². The summed E-state index contributed by atoms with van der Waals surface area (Å²) in [4.78, 5) is 19.9. The highest BCUT2D eigenvalue weighted by Crippen LogP contribution is 2.34. The van der Waals surface area contributed by atoms with E-state index in [2.05, 4.69) is 9.97 Å². The van der Waals surface area contributed by atoms with Crippen molar-refractivity contribution in [2.24, 2.45) is 0 Å². The van der Waals surface area contributed by atoms with Crippen LogP contribution in [-0.2, 0) is 0 Å². The Labute approximate surface area is 163 Å². The van der Waals surface area contributed by atoms with Gasteiger partial charge in [0.1, 0.15) is 12.9 Å². The molecule has 0 unspecified atom stereocenters. The molecule has 1 N–H and O–H groups in total. The van der Waals surface area contributed by atoms with E-state index in [0.717, 1.165) is 17.5 Å². The number of alkyl halides is 3. The summed E-state index contributed by atoms with van der Waals surface area (Å²) in [6, 6.07) is 7.32. The van der Waals surface area contributed by atoms with Crippen molar-refractivity contribution in [3.05, 3.63) is 57.4 Å². The van der Waals surface area contributed by atoms with Crippen LogP contribution in [0.4, 0.5) is 30.5 Å². The Kier molecular flexibility index (Phi) is 5.68. The topological polar surface area (TPSA) is 84.2 Å². The number of nitrogens with one attached hydrogen (secondary N) is 1. The van der Waals surface area contributed by atoms with Gasteiger partial charge >= 0.3 is 11.9 Å². The van der Waals surface area contributed by atoms with E-state index in [4.69, 9.17) is 11.6 Å². The van der Waals surface area contributed by atoms with Crippen LogP contribution in [0.1, 0.15) is 12.0 Å². The molecule has 28 heavy (non-hydrogen) atoms. The molecule has 1 aromatic heterocycles. The zero-order chi connectivity index (χ0) is 20.3. The number of hydrogen-bond donors (Lipinski definition) is 1. The summed E-state index contributed by atoms with van der Waals surface area (Å²) in [5.41, 5.74) is 1.48. The Balaban J connectivity index is 1.84. The van der Waals surface area contributed by atoms with Crippen LogP contribution in [0.2, 0.25) is 5.02 Å². The maximum atomic E-state index is 12.5. The molecule has 7 nitrogen and oxygen atoms in total. The van der Waals surface area contributed by atoms with Crippen molar-refractivity contribution in [3.63, 3.8) is 0 Å². The van der Waals surface area contributed by atoms with Crippen LogP contribution < -0.4 is 10.2 Å². The molecule has 0 amide bonds. The lowest BCUT2D eigenvalue weighted by atomic mass is 9.99. The summed E-state index contributed by atoms with van der Waals surface area (Å²) in [5, 5.41) is 14.1. The van der Waals surface area contributed by atoms with Crippen molar-refractivity contribution in [3.8, 4) is 0 Å². The highest BCUT2D eigenvalue weighted by atomic mass is 35.5. The molecule has 0 spiro atoms. The third-order valence-electron chi connectivity index (χ3n) is 4.17. The minimum absolute atomic E-state index is 0.0175. The third kappa shape index (κ3) is 4.69. The first-order valence-electron chi connectivity index (χ1n) is 8.24. The zero-order valence-electron chi connectivity index (χ0n) is 14.4. The van der Waals surface area contributed by atoms with Crippen LogP contribution in [-0.4, -0.2) is 40.7 Å². The van der Waals surface area contributed by atoms with E-state index in [9.17, 15) is 23.3 Å². The molecule has 0 bridgehead atoms. The molecule has 0 atom stereocenters. The molecule has 148 valence electrons. The summed E-state index contributed by atoms with van der Waals surface area (Å²) in [6.07, 6.45) is -1.02. The molecular formula is C17H15ClF3N5O2. The van der Waals surface area contributed by atoms with Gasteiger partial charge in [0, 0.05) is 18.1 Å². The Bertz CT molecular complexity index is 903. The number of nitrogens with zero attached hydrogens (tertiary/aromatic N) is 4. The Morgan fingerprint density at radius 2 is 1.96 bits per heavy atom. The SMILES string of the molecule is O=[N+]([O-])c1c(NCC(F)(F)F)ncnc1N1CC=C(c2ccc(Cl)cc2)CC1. The molecule has 0 fully saturated rings. The number of aromatic nitrogens is 2. The van der Waals surface area contributed by atoms with Crippen molar-refractivity contribution in [2.75, 3.05) is 29.9 Å². The summed E-state index contributed by atoms with van der Waals surface area (Å²) in [7, 11) is 0. The molecule has 2 heterocycles. The van der Waals surface area contributed by atoms with Crippen molar-refractivity contribution < 1.29 is 18.1 Å². The third-order valence-corrected chi connectivity index (χ3v) is 4.42. The number of benzene rings is 1. The first kappa shape index (κ1) is 19.9. The van der Waals surface area contributed by atoms with Crippen molar-refractivity contribution in [1.82, 2.24) is 9.97 Å². The molecule has 0 aliphatic carbocycles. The summed E-state index contributed by atoms with van der Waals surface area (Å²) >= 11 is 5.89. The summed E-state index contributed by atoms with van der Waals surface area (Å²) in [5.74, 6) is -0.476. The molecule has 3 rings (SSSR count). The van der Waals surface area contributed by atoms with Crippen molar-refractivity contribution in [1.29, 1.82) is 0 Å². The second-order valence-corrected chi connectivity index (χ2v) is 6.49. The minimum atomic E-state index is -4.53. The molecule has 11 heteroatoms. The Morgan fingerprint density at radius 3 is 2.54 bits per heavy atom. The standard InChI is InChI=1S/C17H15ClF3N5O2/c18-13-3-1-11(2-4-13)12-5-7-25(8-6-12)16-14(26(27)28)15(23-10-24-16)22-9-17(19,20)21/h1-5,10H,6-9H2,(H,22,23,24). The van der Waals surface area contributed by atoms with Crippen LogP contribution in [0.15, 0.2) is 36.7 Å². The van der Waals surface area contributed by atoms with E-state index in [1.54, 1.807) is 17.0 Å². The predicted octanol–water partition coefficient (Wildman–Crippen LogP) is 4.31. The van der Waals surface area contributed by atoms with Gasteiger partial charge in [0.25, 0.3) is 0 Å². The molecular weight excluding hydrogens is 399 g/mol. The maximum Gasteiger partial charge on any atom is 0.405 e. The maximum absolute atomic E-state index is 12.5. The highest BCUT2D eigenvalue weighted by molar-refractivity contribution is 6.30. The lowest BCUT2D eigenvalue weighted by Crippen LogP contribution is -2.30. The van der Waals surface area contributed by atoms with E-state index in [1.165, 1.54) is 0 Å². The average molecular weight is 414 g/mol. The first-order chi connectivity index (χ1) is 13.2. The van der Waals surface area contributed by atoms with Crippen molar-refractivity contribution >= 4 is 34.5 Å². The van der Waals surface area contributed by atoms with Crippen LogP contribution in [0.5, 0.6) is 0 Å². The second-order valence-electron chi connectivity index (χ2n) is 6.05. The Morgan fingerprint density at radius 1 is 1.25 bits per heavy atom. The number of hydrogen-bond acceptors (Lipinski definition) is 6. The fourth-order valence-electron chi connectivity index (χ4n) is 2.87. The molecule has 1 aromatic carbocycles. The monoisotopic (exact) mass is 413 g/mol. The molecule has 1 aliphatic rings. The van der Waals surface area contributed by atoms with E-state index in [1.807, 2.05) is 23.5 Å². The van der Waals surface area contributed by atoms with E-state index >= 15 is 0 Å². The molecule has 0 saturated heterocycles. The van der Waals surface area contributed by atoms with Crippen LogP contribution in [0.3, 0.4) is 0 Å². The van der Waals surface area contributed by atoms with Gasteiger partial charge in [-0.25, -0.2) is 9.97 Å².